The van der Waals surface area contributed by atoms with Crippen LogP contribution in [0.3, 0.4) is 0 Å². The number of thiol groups is 1. The molecule has 0 aromatic rings. The van der Waals surface area contributed by atoms with Gasteiger partial charge in [0.2, 0.25) is 0 Å². The van der Waals surface area contributed by atoms with Crippen molar-refractivity contribution in [3.63, 3.8) is 0 Å². The molecule has 0 aliphatic carbocycles. The monoisotopic (exact) mass is 122 g/mol. The summed E-state index contributed by atoms with van der Waals surface area (Å²) >= 11 is 5.00. The second-order valence-electron chi connectivity index (χ2n) is 0.827. The number of carbonyl (C=O) groups excluding carboxylic acids is 1. The van der Waals surface area contributed by atoms with Crippen LogP contribution in [0.1, 0.15) is 0 Å². The topological polar surface area (TPSA) is 17.1 Å². The lowest BCUT2D eigenvalue weighted by molar-refractivity contribution is -0.108. The van der Waals surface area contributed by atoms with Gasteiger partial charge in [0, 0.05) is 0 Å². The summed E-state index contributed by atoms with van der Waals surface area (Å²) in [5, 5.41) is -0.0532. The summed E-state index contributed by atoms with van der Waals surface area (Å²) in [4.78, 5) is 9.89. The zero-order valence-corrected chi connectivity index (χ0v) is 5.18. The molecule has 0 aliphatic rings. The van der Waals surface area contributed by atoms with E-state index in [0.29, 0.717) is 5.75 Å². The van der Waals surface area contributed by atoms with E-state index < -0.39 is 0 Å². The zero-order valence-electron chi connectivity index (χ0n) is 3.47. The molecule has 0 fully saturated rings. The maximum Gasteiger partial charge on any atom is 0.195 e. The maximum atomic E-state index is 9.89. The van der Waals surface area contributed by atoms with Crippen molar-refractivity contribution in [2.75, 3.05) is 12.0 Å². The van der Waals surface area contributed by atoms with Crippen molar-refractivity contribution >= 4 is 29.5 Å². The van der Waals surface area contributed by atoms with Gasteiger partial charge in [0.15, 0.2) is 5.12 Å². The minimum absolute atomic E-state index is 0.0532. The van der Waals surface area contributed by atoms with Gasteiger partial charge in [-0.25, -0.2) is 0 Å². The summed E-state index contributed by atoms with van der Waals surface area (Å²) in [6.07, 6.45) is 1.87. The number of rotatable bonds is 2. The maximum absolute atomic E-state index is 9.89. The molecule has 0 amide bonds. The first-order valence-electron chi connectivity index (χ1n) is 1.48. The standard InChI is InChI=1S/C3H6OS2/c1-6-2-3(4)5/h2H2,1H3,(H,4,5). The lowest BCUT2D eigenvalue weighted by Gasteiger charge is -1.80. The molecule has 0 aromatic heterocycles. The number of thioether (sulfide) groups is 1. The van der Waals surface area contributed by atoms with Crippen molar-refractivity contribution in [3.05, 3.63) is 0 Å². The smallest absolute Gasteiger partial charge is 0.195 e. The van der Waals surface area contributed by atoms with Gasteiger partial charge in [-0.3, -0.25) is 4.79 Å². The molecule has 6 heavy (non-hydrogen) atoms. The van der Waals surface area contributed by atoms with Crippen LogP contribution in [0.15, 0.2) is 0 Å². The van der Waals surface area contributed by atoms with E-state index in [9.17, 15) is 4.79 Å². The van der Waals surface area contributed by atoms with E-state index in [1.807, 2.05) is 6.26 Å². The van der Waals surface area contributed by atoms with Gasteiger partial charge in [-0.2, -0.15) is 11.8 Å². The minimum atomic E-state index is -0.0532. The van der Waals surface area contributed by atoms with Gasteiger partial charge >= 0.3 is 0 Å². The van der Waals surface area contributed by atoms with Crippen LogP contribution < -0.4 is 0 Å². The second-order valence-corrected chi connectivity index (χ2v) is 2.19. The Hall–Kier alpha value is 0.370. The van der Waals surface area contributed by atoms with E-state index in [0.717, 1.165) is 0 Å². The summed E-state index contributed by atoms with van der Waals surface area (Å²) in [7, 11) is 0. The highest BCUT2D eigenvalue weighted by Gasteiger charge is 1.85. The Balaban J connectivity index is 2.83. The summed E-state index contributed by atoms with van der Waals surface area (Å²) in [6, 6.07) is 0. The molecule has 0 rings (SSSR count). The molecule has 0 aliphatic heterocycles. The van der Waals surface area contributed by atoms with Gasteiger partial charge in [-0.05, 0) is 6.26 Å². The fourth-order valence-electron chi connectivity index (χ4n) is 0.123. The van der Waals surface area contributed by atoms with Crippen LogP contribution in [0.2, 0.25) is 0 Å². The van der Waals surface area contributed by atoms with Crippen molar-refractivity contribution < 1.29 is 4.79 Å². The van der Waals surface area contributed by atoms with Crippen LogP contribution >= 0.6 is 24.4 Å². The van der Waals surface area contributed by atoms with Gasteiger partial charge in [-0.1, -0.05) is 0 Å². The SMILES string of the molecule is CSCC(=O)S. The summed E-state index contributed by atoms with van der Waals surface area (Å²) in [5.41, 5.74) is 0. The second kappa shape index (κ2) is 3.56. The highest BCUT2D eigenvalue weighted by molar-refractivity contribution is 8.04. The first-order valence-corrected chi connectivity index (χ1v) is 3.32. The first kappa shape index (κ1) is 6.37. The van der Waals surface area contributed by atoms with E-state index >= 15 is 0 Å². The molecule has 0 saturated heterocycles. The van der Waals surface area contributed by atoms with Gasteiger partial charge in [0.1, 0.15) is 0 Å². The van der Waals surface area contributed by atoms with Crippen LogP contribution in [-0.2, 0) is 4.79 Å². The van der Waals surface area contributed by atoms with Gasteiger partial charge in [0.05, 0.1) is 5.75 Å². The van der Waals surface area contributed by atoms with Crippen LogP contribution in [0.4, 0.5) is 0 Å². The Bertz CT molecular complexity index is 52.8. The molecule has 0 bridgehead atoms. The Kier molecular flexibility index (Phi) is 3.78. The zero-order chi connectivity index (χ0) is 4.99. The number of carbonyl (C=O) groups is 1. The predicted molar refractivity (Wildman–Crippen MR) is 32.4 cm³/mol. The van der Waals surface area contributed by atoms with Crippen molar-refractivity contribution in [1.82, 2.24) is 0 Å². The Morgan fingerprint density at radius 1 is 2.00 bits per heavy atom. The first-order chi connectivity index (χ1) is 2.77. The molecular formula is C3H6OS2. The van der Waals surface area contributed by atoms with E-state index in [1.54, 1.807) is 0 Å². The van der Waals surface area contributed by atoms with Crippen LogP contribution in [-0.4, -0.2) is 17.1 Å². The fourth-order valence-corrected chi connectivity index (χ4v) is 0.758. The molecule has 1 nitrogen and oxygen atoms in total. The van der Waals surface area contributed by atoms with E-state index in [4.69, 9.17) is 0 Å². The fraction of sp³-hybridized carbons (Fsp3) is 0.667. The molecule has 0 radical (unpaired) electrons. The number of hydrogen-bond acceptors (Lipinski definition) is 2. The molecule has 0 N–H and O–H groups in total. The molecule has 0 unspecified atom stereocenters. The molecule has 0 atom stereocenters. The predicted octanol–water partition coefficient (Wildman–Crippen LogP) is 0.806. The van der Waals surface area contributed by atoms with Gasteiger partial charge in [0.25, 0.3) is 0 Å². The van der Waals surface area contributed by atoms with E-state index in [-0.39, 0.29) is 5.12 Å². The van der Waals surface area contributed by atoms with Crippen molar-refractivity contribution in [2.24, 2.45) is 0 Å². The Morgan fingerprint density at radius 3 is 2.50 bits per heavy atom. The minimum Gasteiger partial charge on any atom is -0.287 e. The third kappa shape index (κ3) is 4.37. The normalized spacial score (nSPS) is 8.33. The quantitative estimate of drug-likeness (QED) is 0.546. The summed E-state index contributed by atoms with van der Waals surface area (Å²) in [6.45, 7) is 0. The largest absolute Gasteiger partial charge is 0.287 e. The third-order valence-electron chi connectivity index (χ3n) is 0.268. The van der Waals surface area contributed by atoms with Crippen molar-refractivity contribution in [2.45, 2.75) is 0 Å². The molecule has 3 heteroatoms. The average Bonchev–Trinajstić information content (AvgIpc) is 1.35. The average molecular weight is 122 g/mol. The Labute approximate surface area is 46.9 Å². The summed E-state index contributed by atoms with van der Waals surface area (Å²) < 4.78 is 0. The van der Waals surface area contributed by atoms with Crippen LogP contribution in [0.25, 0.3) is 0 Å². The van der Waals surface area contributed by atoms with Crippen LogP contribution in [0.5, 0.6) is 0 Å². The highest BCUT2D eigenvalue weighted by Crippen LogP contribution is 1.92. The van der Waals surface area contributed by atoms with Gasteiger partial charge in [-0.15, -0.1) is 12.6 Å². The van der Waals surface area contributed by atoms with E-state index in [2.05, 4.69) is 12.6 Å². The third-order valence-corrected chi connectivity index (χ3v) is 1.19. The highest BCUT2D eigenvalue weighted by atomic mass is 32.2. The summed E-state index contributed by atoms with van der Waals surface area (Å²) in [5.74, 6) is 0.517. The molecule has 0 aromatic carbocycles. The van der Waals surface area contributed by atoms with Gasteiger partial charge < -0.3 is 0 Å². The molecule has 0 saturated carbocycles. The van der Waals surface area contributed by atoms with Crippen molar-refractivity contribution in [3.8, 4) is 0 Å². The molecular weight excluding hydrogens is 116 g/mol. The Morgan fingerprint density at radius 2 is 2.50 bits per heavy atom. The lowest BCUT2D eigenvalue weighted by Crippen LogP contribution is -1.86. The van der Waals surface area contributed by atoms with Crippen molar-refractivity contribution in [1.29, 1.82) is 0 Å². The van der Waals surface area contributed by atoms with Crippen LogP contribution in [0, 0.1) is 0 Å². The molecule has 36 valence electrons. The van der Waals surface area contributed by atoms with E-state index in [1.165, 1.54) is 11.8 Å². The number of hydrogen-bond donors (Lipinski definition) is 1. The lowest BCUT2D eigenvalue weighted by atomic mass is 10.9. The molecule has 0 heterocycles. The molecule has 0 spiro atoms.